The number of halogens is 3. The van der Waals surface area contributed by atoms with Gasteiger partial charge in [-0.1, -0.05) is 18.2 Å². The first-order chi connectivity index (χ1) is 10.6. The summed E-state index contributed by atoms with van der Waals surface area (Å²) in [5.74, 6) is -0.768. The molecule has 0 saturated heterocycles. The maximum Gasteiger partial charge on any atom is 0.534 e. The number of carbonyl (C=O) groups excluding carboxylic acids is 1. The third-order valence-electron chi connectivity index (χ3n) is 3.41. The average Bonchev–Trinajstić information content (AvgIpc) is 2.42. The van der Waals surface area contributed by atoms with E-state index in [0.717, 1.165) is 5.57 Å². The summed E-state index contributed by atoms with van der Waals surface area (Å²) in [5.41, 5.74) is -4.68. The van der Waals surface area contributed by atoms with Crippen molar-refractivity contribution in [2.24, 2.45) is 0 Å². The van der Waals surface area contributed by atoms with Crippen molar-refractivity contribution < 1.29 is 30.6 Å². The fourth-order valence-corrected chi connectivity index (χ4v) is 2.69. The Hall–Kier alpha value is -1.57. The number of hydrogen-bond donors (Lipinski definition) is 0. The lowest BCUT2D eigenvalue weighted by molar-refractivity contribution is -0.116. The smallest absolute Gasteiger partial charge is 0.380 e. The quantitative estimate of drug-likeness (QED) is 0.374. The van der Waals surface area contributed by atoms with E-state index in [1.807, 2.05) is 0 Å². The molecule has 0 radical (unpaired) electrons. The van der Waals surface area contributed by atoms with E-state index >= 15 is 0 Å². The van der Waals surface area contributed by atoms with E-state index in [1.54, 1.807) is 6.08 Å². The summed E-state index contributed by atoms with van der Waals surface area (Å²) in [5, 5.41) is 0. The highest BCUT2D eigenvalue weighted by atomic mass is 32.2. The molecule has 0 bridgehead atoms. The van der Waals surface area contributed by atoms with Crippen LogP contribution in [0.2, 0.25) is 0 Å². The molecule has 23 heavy (non-hydrogen) atoms. The molecule has 0 aromatic heterocycles. The van der Waals surface area contributed by atoms with Crippen LogP contribution in [0.1, 0.15) is 44.9 Å². The van der Waals surface area contributed by atoms with Gasteiger partial charge in [-0.25, -0.2) is 0 Å². The first kappa shape index (κ1) is 19.5. The van der Waals surface area contributed by atoms with Gasteiger partial charge in [0, 0.05) is 18.4 Å². The van der Waals surface area contributed by atoms with E-state index in [1.165, 1.54) is 0 Å². The van der Waals surface area contributed by atoms with Gasteiger partial charge < -0.3 is 4.18 Å². The summed E-state index contributed by atoms with van der Waals surface area (Å²) in [4.78, 5) is 11.9. The van der Waals surface area contributed by atoms with Gasteiger partial charge in [-0.2, -0.15) is 21.6 Å². The Morgan fingerprint density at radius 1 is 1.26 bits per heavy atom. The number of Topliss-reactive ketones (excluding diaryl/α,β-unsaturated/α-hetero) is 1. The maximum absolute atomic E-state index is 12.4. The molecular weight excluding hydrogens is 333 g/mol. The highest BCUT2D eigenvalue weighted by Crippen LogP contribution is 2.33. The number of hydrogen-bond acceptors (Lipinski definition) is 4. The second kappa shape index (κ2) is 7.81. The predicted octanol–water partition coefficient (Wildman–Crippen LogP) is 4.16. The van der Waals surface area contributed by atoms with Crippen LogP contribution in [0.5, 0.6) is 0 Å². The second-order valence-electron chi connectivity index (χ2n) is 5.24. The summed E-state index contributed by atoms with van der Waals surface area (Å²) in [6.45, 7) is 7.39. The fourth-order valence-electron chi connectivity index (χ4n) is 2.15. The minimum Gasteiger partial charge on any atom is -0.380 e. The molecular formula is C15H19F3O4S. The van der Waals surface area contributed by atoms with Crippen LogP contribution < -0.4 is 0 Å². The standard InChI is InChI=1S/C15H19F3O4S/c1-3-4-6-11(2)9-10-12-13(19)7-5-8-14(12)22-23(20,21)15(16,17)18/h3H,1-2,4-10H2. The van der Waals surface area contributed by atoms with E-state index in [0.29, 0.717) is 19.3 Å². The van der Waals surface area contributed by atoms with Crippen molar-refractivity contribution in [2.45, 2.75) is 50.5 Å². The van der Waals surface area contributed by atoms with Crippen molar-refractivity contribution >= 4 is 15.9 Å². The summed E-state index contributed by atoms with van der Waals surface area (Å²) >= 11 is 0. The van der Waals surface area contributed by atoms with Gasteiger partial charge in [0.05, 0.1) is 0 Å². The van der Waals surface area contributed by atoms with Gasteiger partial charge in [-0.3, -0.25) is 4.79 Å². The number of carbonyl (C=O) groups is 1. The molecule has 0 heterocycles. The topological polar surface area (TPSA) is 60.4 Å². The van der Waals surface area contributed by atoms with Gasteiger partial charge in [0.15, 0.2) is 5.78 Å². The zero-order valence-corrected chi connectivity index (χ0v) is 13.4. The van der Waals surface area contributed by atoms with Gasteiger partial charge in [0.2, 0.25) is 0 Å². The molecule has 1 rings (SSSR count). The van der Waals surface area contributed by atoms with Crippen LogP contribution in [-0.2, 0) is 19.1 Å². The van der Waals surface area contributed by atoms with Crippen molar-refractivity contribution in [3.05, 3.63) is 36.1 Å². The minimum absolute atomic E-state index is 0.00445. The number of rotatable bonds is 8. The largest absolute Gasteiger partial charge is 0.534 e. The predicted molar refractivity (Wildman–Crippen MR) is 79.7 cm³/mol. The molecule has 0 aliphatic heterocycles. The van der Waals surface area contributed by atoms with Crippen molar-refractivity contribution in [1.29, 1.82) is 0 Å². The van der Waals surface area contributed by atoms with Crippen molar-refractivity contribution in [2.75, 3.05) is 0 Å². The van der Waals surface area contributed by atoms with E-state index < -0.39 is 21.4 Å². The molecule has 0 aromatic carbocycles. The molecule has 0 aromatic rings. The van der Waals surface area contributed by atoms with Crippen molar-refractivity contribution in [3.8, 4) is 0 Å². The Morgan fingerprint density at radius 2 is 1.91 bits per heavy atom. The van der Waals surface area contributed by atoms with Crippen LogP contribution in [0.3, 0.4) is 0 Å². The molecule has 1 aliphatic rings. The molecule has 0 saturated carbocycles. The molecule has 0 atom stereocenters. The van der Waals surface area contributed by atoms with E-state index in [-0.39, 0.29) is 37.0 Å². The minimum atomic E-state index is -5.75. The monoisotopic (exact) mass is 352 g/mol. The van der Waals surface area contributed by atoms with Crippen LogP contribution in [0.15, 0.2) is 36.1 Å². The molecule has 8 heteroatoms. The van der Waals surface area contributed by atoms with Gasteiger partial charge in [-0.05, 0) is 32.1 Å². The lowest BCUT2D eigenvalue weighted by atomic mass is 9.91. The normalized spacial score (nSPS) is 16.4. The van der Waals surface area contributed by atoms with Crippen LogP contribution in [0.4, 0.5) is 13.2 Å². The van der Waals surface area contributed by atoms with Crippen LogP contribution >= 0.6 is 0 Å². The molecule has 0 amide bonds. The maximum atomic E-state index is 12.4. The Morgan fingerprint density at radius 3 is 2.48 bits per heavy atom. The number of allylic oxidation sites excluding steroid dienone is 4. The van der Waals surface area contributed by atoms with Crippen molar-refractivity contribution in [3.63, 3.8) is 0 Å². The highest BCUT2D eigenvalue weighted by Gasteiger charge is 2.49. The summed E-state index contributed by atoms with van der Waals surface area (Å²) in [7, 11) is -5.75. The first-order valence-corrected chi connectivity index (χ1v) is 8.53. The van der Waals surface area contributed by atoms with Gasteiger partial charge in [0.25, 0.3) is 0 Å². The lowest BCUT2D eigenvalue weighted by Gasteiger charge is -2.20. The third kappa shape index (κ3) is 5.53. The van der Waals surface area contributed by atoms with E-state index in [4.69, 9.17) is 0 Å². The third-order valence-corrected chi connectivity index (χ3v) is 4.39. The van der Waals surface area contributed by atoms with Crippen LogP contribution in [0.25, 0.3) is 0 Å². The highest BCUT2D eigenvalue weighted by molar-refractivity contribution is 7.87. The second-order valence-corrected chi connectivity index (χ2v) is 6.78. The van der Waals surface area contributed by atoms with Gasteiger partial charge in [0.1, 0.15) is 5.76 Å². The molecule has 0 N–H and O–H groups in total. The number of ketones is 1. The SMILES string of the molecule is C=CCCC(=C)CCC1=C(OS(=O)(=O)C(F)(F)F)CCCC1=O. The number of alkyl halides is 3. The Labute approximate surface area is 133 Å². The van der Waals surface area contributed by atoms with E-state index in [9.17, 15) is 26.4 Å². The van der Waals surface area contributed by atoms with Gasteiger partial charge in [-0.15, -0.1) is 6.58 Å². The fraction of sp³-hybridized carbons (Fsp3) is 0.533. The summed E-state index contributed by atoms with van der Waals surface area (Å²) in [6.07, 6.45) is 4.01. The van der Waals surface area contributed by atoms with Crippen LogP contribution in [-0.4, -0.2) is 19.7 Å². The molecule has 0 unspecified atom stereocenters. The first-order valence-electron chi connectivity index (χ1n) is 7.12. The Balaban J connectivity index is 2.92. The molecule has 4 nitrogen and oxygen atoms in total. The molecule has 0 fully saturated rings. The molecule has 130 valence electrons. The Kier molecular flexibility index (Phi) is 6.61. The zero-order chi connectivity index (χ0) is 17.7. The Bertz CT molecular complexity index is 615. The van der Waals surface area contributed by atoms with E-state index in [2.05, 4.69) is 17.3 Å². The lowest BCUT2D eigenvalue weighted by Crippen LogP contribution is -2.27. The zero-order valence-electron chi connectivity index (χ0n) is 12.6. The summed E-state index contributed by atoms with van der Waals surface area (Å²) in [6, 6.07) is 0. The average molecular weight is 352 g/mol. The van der Waals surface area contributed by atoms with Crippen LogP contribution in [0, 0.1) is 0 Å². The molecule has 0 spiro atoms. The summed E-state index contributed by atoms with van der Waals surface area (Å²) < 4.78 is 63.7. The molecule has 1 aliphatic carbocycles. The van der Waals surface area contributed by atoms with Crippen molar-refractivity contribution in [1.82, 2.24) is 0 Å². The van der Waals surface area contributed by atoms with Gasteiger partial charge >= 0.3 is 15.6 Å².